The lowest BCUT2D eigenvalue weighted by atomic mass is 10.1. The van der Waals surface area contributed by atoms with Gasteiger partial charge >= 0.3 is 0 Å². The molecule has 0 aliphatic heterocycles. The summed E-state index contributed by atoms with van der Waals surface area (Å²) < 4.78 is 1.89. The van der Waals surface area contributed by atoms with Gasteiger partial charge in [0.2, 0.25) is 0 Å². The van der Waals surface area contributed by atoms with Crippen LogP contribution >= 0.6 is 11.3 Å². The summed E-state index contributed by atoms with van der Waals surface area (Å²) in [5, 5.41) is 4.40. The molecule has 0 radical (unpaired) electrons. The Kier molecular flexibility index (Phi) is 3.60. The number of hydrazine groups is 1. The van der Waals surface area contributed by atoms with Crippen LogP contribution in [0.3, 0.4) is 0 Å². The van der Waals surface area contributed by atoms with Crippen LogP contribution in [0, 0.1) is 6.92 Å². The smallest absolute Gasteiger partial charge is 0.0993 e. The quantitative estimate of drug-likeness (QED) is 0.569. The molecule has 2 heterocycles. The van der Waals surface area contributed by atoms with Crippen LogP contribution in [0.2, 0.25) is 0 Å². The highest BCUT2D eigenvalue weighted by Crippen LogP contribution is 2.28. The molecule has 0 fully saturated rings. The third-order valence-corrected chi connectivity index (χ3v) is 4.18. The molecular formula is C14H15N5S. The molecule has 0 aliphatic rings. The van der Waals surface area contributed by atoms with E-state index in [1.54, 1.807) is 17.5 Å². The summed E-state index contributed by atoms with van der Waals surface area (Å²) in [5.41, 5.74) is 7.68. The summed E-state index contributed by atoms with van der Waals surface area (Å²) in [4.78, 5) is 5.39. The molecule has 6 heteroatoms. The van der Waals surface area contributed by atoms with Crippen molar-refractivity contribution in [3.8, 4) is 5.69 Å². The SMILES string of the molecule is Cc1ncsc1C(NN)c1ccnn1-c1ccccc1. The molecule has 3 N–H and O–H groups in total. The normalized spacial score (nSPS) is 12.5. The number of nitrogens with zero attached hydrogens (tertiary/aromatic N) is 3. The van der Waals surface area contributed by atoms with Crippen molar-refractivity contribution in [3.05, 3.63) is 64.4 Å². The predicted octanol–water partition coefficient (Wildman–Crippen LogP) is 2.19. The van der Waals surface area contributed by atoms with Crippen LogP contribution < -0.4 is 11.3 Å². The molecule has 1 aromatic carbocycles. The van der Waals surface area contributed by atoms with E-state index in [9.17, 15) is 0 Å². The van der Waals surface area contributed by atoms with Crippen molar-refractivity contribution in [2.24, 2.45) is 5.84 Å². The monoisotopic (exact) mass is 285 g/mol. The van der Waals surface area contributed by atoms with Gasteiger partial charge in [0.15, 0.2) is 0 Å². The van der Waals surface area contributed by atoms with Crippen molar-refractivity contribution in [3.63, 3.8) is 0 Å². The molecule has 0 bridgehead atoms. The van der Waals surface area contributed by atoms with Gasteiger partial charge < -0.3 is 0 Å². The van der Waals surface area contributed by atoms with E-state index in [2.05, 4.69) is 15.5 Å². The highest BCUT2D eigenvalue weighted by molar-refractivity contribution is 7.09. The van der Waals surface area contributed by atoms with Gasteiger partial charge in [-0.3, -0.25) is 5.84 Å². The molecule has 0 amide bonds. The summed E-state index contributed by atoms with van der Waals surface area (Å²) in [7, 11) is 0. The summed E-state index contributed by atoms with van der Waals surface area (Å²) in [6.07, 6.45) is 1.78. The Labute approximate surface area is 121 Å². The summed E-state index contributed by atoms with van der Waals surface area (Å²) in [6, 6.07) is 11.8. The maximum Gasteiger partial charge on any atom is 0.0993 e. The molecule has 3 aromatic rings. The van der Waals surface area contributed by atoms with Crippen molar-refractivity contribution in [1.29, 1.82) is 0 Å². The van der Waals surface area contributed by atoms with Gasteiger partial charge in [0, 0.05) is 6.20 Å². The van der Waals surface area contributed by atoms with E-state index in [1.807, 2.05) is 53.5 Å². The van der Waals surface area contributed by atoms with Crippen molar-refractivity contribution in [2.45, 2.75) is 13.0 Å². The van der Waals surface area contributed by atoms with E-state index < -0.39 is 0 Å². The lowest BCUT2D eigenvalue weighted by Gasteiger charge is -2.17. The number of rotatable bonds is 4. The molecule has 3 rings (SSSR count). The van der Waals surface area contributed by atoms with Gasteiger partial charge in [-0.15, -0.1) is 11.3 Å². The minimum Gasteiger partial charge on any atom is -0.270 e. The standard InChI is InChI=1S/C14H15N5S/c1-10-14(20-9-16-10)13(18-15)12-7-8-17-19(12)11-5-3-2-4-6-11/h2-9,13,18H,15H2,1H3. The van der Waals surface area contributed by atoms with Crippen molar-refractivity contribution in [1.82, 2.24) is 20.2 Å². The molecule has 0 saturated carbocycles. The average molecular weight is 285 g/mol. The molecule has 1 unspecified atom stereocenters. The molecule has 0 saturated heterocycles. The van der Waals surface area contributed by atoms with E-state index in [0.29, 0.717) is 0 Å². The van der Waals surface area contributed by atoms with Gasteiger partial charge in [0.1, 0.15) is 0 Å². The van der Waals surface area contributed by atoms with Crippen LogP contribution in [0.4, 0.5) is 0 Å². The van der Waals surface area contributed by atoms with Gasteiger partial charge in [-0.2, -0.15) is 5.10 Å². The highest BCUT2D eigenvalue weighted by Gasteiger charge is 2.21. The predicted molar refractivity (Wildman–Crippen MR) is 79.6 cm³/mol. The van der Waals surface area contributed by atoms with Gasteiger partial charge in [-0.25, -0.2) is 15.1 Å². The second-order valence-electron chi connectivity index (χ2n) is 4.41. The minimum absolute atomic E-state index is 0.120. The zero-order valence-corrected chi connectivity index (χ0v) is 11.8. The van der Waals surface area contributed by atoms with Crippen LogP contribution in [0.1, 0.15) is 22.3 Å². The van der Waals surface area contributed by atoms with Crippen molar-refractivity contribution >= 4 is 11.3 Å². The van der Waals surface area contributed by atoms with Gasteiger partial charge in [0.05, 0.1) is 33.5 Å². The molecule has 0 aliphatic carbocycles. The molecule has 1 atom stereocenters. The second-order valence-corrected chi connectivity index (χ2v) is 5.29. The number of benzene rings is 1. The number of hydrogen-bond acceptors (Lipinski definition) is 5. The fourth-order valence-corrected chi connectivity index (χ4v) is 3.07. The largest absolute Gasteiger partial charge is 0.270 e. The molecule has 20 heavy (non-hydrogen) atoms. The van der Waals surface area contributed by atoms with Crippen molar-refractivity contribution in [2.75, 3.05) is 0 Å². The third-order valence-electron chi connectivity index (χ3n) is 3.18. The number of thiazole rings is 1. The zero-order valence-electron chi connectivity index (χ0n) is 11.0. The molecule has 5 nitrogen and oxygen atoms in total. The van der Waals surface area contributed by atoms with Crippen LogP contribution in [-0.4, -0.2) is 14.8 Å². The maximum atomic E-state index is 5.76. The van der Waals surface area contributed by atoms with E-state index in [0.717, 1.165) is 22.0 Å². The number of nitrogens with two attached hydrogens (primary N) is 1. The molecule has 102 valence electrons. The van der Waals surface area contributed by atoms with E-state index in [4.69, 9.17) is 5.84 Å². The molecule has 2 aromatic heterocycles. The first-order chi connectivity index (χ1) is 9.81. The van der Waals surface area contributed by atoms with E-state index in [1.165, 1.54) is 0 Å². The van der Waals surface area contributed by atoms with Crippen LogP contribution in [0.15, 0.2) is 48.1 Å². The van der Waals surface area contributed by atoms with E-state index in [-0.39, 0.29) is 6.04 Å². The summed E-state index contributed by atoms with van der Waals surface area (Å²) >= 11 is 1.59. The Morgan fingerprint density at radius 3 is 2.70 bits per heavy atom. The fraction of sp³-hybridized carbons (Fsp3) is 0.143. The van der Waals surface area contributed by atoms with Gasteiger partial charge in [-0.05, 0) is 25.1 Å². The Morgan fingerprint density at radius 1 is 1.25 bits per heavy atom. The van der Waals surface area contributed by atoms with Gasteiger partial charge in [-0.1, -0.05) is 18.2 Å². The third kappa shape index (κ3) is 2.24. The van der Waals surface area contributed by atoms with Crippen LogP contribution in [0.25, 0.3) is 5.69 Å². The fourth-order valence-electron chi connectivity index (χ4n) is 2.20. The minimum atomic E-state index is -0.120. The first kappa shape index (κ1) is 13.0. The zero-order chi connectivity index (χ0) is 13.9. The number of para-hydroxylation sites is 1. The second kappa shape index (κ2) is 5.54. The Hall–Kier alpha value is -2.02. The van der Waals surface area contributed by atoms with E-state index >= 15 is 0 Å². The average Bonchev–Trinajstić information content (AvgIpc) is 3.11. The highest BCUT2D eigenvalue weighted by atomic mass is 32.1. The van der Waals surface area contributed by atoms with Crippen LogP contribution in [0.5, 0.6) is 0 Å². The van der Waals surface area contributed by atoms with Gasteiger partial charge in [0.25, 0.3) is 0 Å². The lowest BCUT2D eigenvalue weighted by molar-refractivity contribution is 0.602. The first-order valence-electron chi connectivity index (χ1n) is 6.26. The Bertz CT molecular complexity index is 688. The number of nitrogens with one attached hydrogen (secondary N) is 1. The number of hydrogen-bond donors (Lipinski definition) is 2. The number of aryl methyl sites for hydroxylation is 1. The maximum absolute atomic E-state index is 5.76. The lowest BCUT2D eigenvalue weighted by Crippen LogP contribution is -2.30. The Morgan fingerprint density at radius 2 is 2.05 bits per heavy atom. The summed E-state index contributed by atoms with van der Waals surface area (Å²) in [6.45, 7) is 1.99. The summed E-state index contributed by atoms with van der Waals surface area (Å²) in [5.74, 6) is 5.76. The van der Waals surface area contributed by atoms with Crippen LogP contribution in [-0.2, 0) is 0 Å². The Balaban J connectivity index is 2.07. The molecular weight excluding hydrogens is 270 g/mol. The first-order valence-corrected chi connectivity index (χ1v) is 7.14. The molecule has 0 spiro atoms. The topological polar surface area (TPSA) is 68.8 Å². The van der Waals surface area contributed by atoms with Crippen molar-refractivity contribution < 1.29 is 0 Å². The number of aromatic nitrogens is 3.